The Morgan fingerprint density at radius 2 is 2.38 bits per heavy atom. The SMILES string of the molecule is CC(=O)NCCc1ccc2c(c1)CCCO2. The molecular weight excluding hydrogens is 202 g/mol. The third kappa shape index (κ3) is 2.75. The maximum atomic E-state index is 10.7. The third-order valence-electron chi connectivity index (χ3n) is 2.76. The first-order valence-corrected chi connectivity index (χ1v) is 5.75. The molecule has 1 N–H and O–H groups in total. The second kappa shape index (κ2) is 5.01. The molecule has 0 saturated heterocycles. The molecule has 0 saturated carbocycles. The van der Waals surface area contributed by atoms with Gasteiger partial charge < -0.3 is 10.1 Å². The van der Waals surface area contributed by atoms with Gasteiger partial charge in [-0.2, -0.15) is 0 Å². The van der Waals surface area contributed by atoms with Crippen LogP contribution in [0.25, 0.3) is 0 Å². The smallest absolute Gasteiger partial charge is 0.216 e. The summed E-state index contributed by atoms with van der Waals surface area (Å²) in [5, 5.41) is 2.80. The molecule has 2 rings (SSSR count). The number of amides is 1. The summed E-state index contributed by atoms with van der Waals surface area (Å²) < 4.78 is 5.55. The van der Waals surface area contributed by atoms with Gasteiger partial charge in [-0.25, -0.2) is 0 Å². The third-order valence-corrected chi connectivity index (χ3v) is 2.76. The van der Waals surface area contributed by atoms with Crippen molar-refractivity contribution in [1.29, 1.82) is 0 Å². The number of hydrogen-bond acceptors (Lipinski definition) is 2. The molecule has 3 heteroatoms. The first kappa shape index (κ1) is 11.0. The number of hydrogen-bond donors (Lipinski definition) is 1. The molecule has 3 nitrogen and oxygen atoms in total. The average molecular weight is 219 g/mol. The van der Waals surface area contributed by atoms with Gasteiger partial charge in [-0.3, -0.25) is 4.79 Å². The fraction of sp³-hybridized carbons (Fsp3) is 0.462. The van der Waals surface area contributed by atoms with Gasteiger partial charge in [0.05, 0.1) is 6.61 Å². The van der Waals surface area contributed by atoms with Crippen LogP contribution in [0.15, 0.2) is 18.2 Å². The molecule has 1 aromatic carbocycles. The topological polar surface area (TPSA) is 38.3 Å². The minimum Gasteiger partial charge on any atom is -0.493 e. The summed E-state index contributed by atoms with van der Waals surface area (Å²) in [6.45, 7) is 3.08. The molecule has 1 amide bonds. The molecule has 1 heterocycles. The van der Waals surface area contributed by atoms with Crippen molar-refractivity contribution in [1.82, 2.24) is 5.32 Å². The van der Waals surface area contributed by atoms with Gasteiger partial charge in [-0.15, -0.1) is 0 Å². The van der Waals surface area contributed by atoms with Gasteiger partial charge in [0, 0.05) is 13.5 Å². The number of fused-ring (bicyclic) bond motifs is 1. The number of nitrogens with one attached hydrogen (secondary N) is 1. The zero-order valence-electron chi connectivity index (χ0n) is 9.58. The van der Waals surface area contributed by atoms with Gasteiger partial charge in [0.15, 0.2) is 0 Å². The van der Waals surface area contributed by atoms with E-state index in [1.807, 2.05) is 6.07 Å². The first-order valence-electron chi connectivity index (χ1n) is 5.75. The average Bonchev–Trinajstić information content (AvgIpc) is 2.28. The highest BCUT2D eigenvalue weighted by atomic mass is 16.5. The van der Waals surface area contributed by atoms with Crippen LogP contribution in [0.2, 0.25) is 0 Å². The molecule has 0 spiro atoms. The molecule has 0 unspecified atom stereocenters. The van der Waals surface area contributed by atoms with Crippen molar-refractivity contribution in [2.75, 3.05) is 13.2 Å². The Labute approximate surface area is 95.8 Å². The van der Waals surface area contributed by atoms with Crippen molar-refractivity contribution in [2.45, 2.75) is 26.2 Å². The van der Waals surface area contributed by atoms with E-state index in [2.05, 4.69) is 17.4 Å². The van der Waals surface area contributed by atoms with Crippen LogP contribution in [-0.2, 0) is 17.6 Å². The Kier molecular flexibility index (Phi) is 3.44. The highest BCUT2D eigenvalue weighted by Gasteiger charge is 2.10. The Hall–Kier alpha value is -1.51. The van der Waals surface area contributed by atoms with Crippen LogP contribution in [0.5, 0.6) is 5.75 Å². The fourth-order valence-corrected chi connectivity index (χ4v) is 1.95. The normalized spacial score (nSPS) is 13.8. The van der Waals surface area contributed by atoms with E-state index in [0.29, 0.717) is 6.54 Å². The van der Waals surface area contributed by atoms with Crippen LogP contribution in [0.3, 0.4) is 0 Å². The van der Waals surface area contributed by atoms with E-state index < -0.39 is 0 Å². The quantitative estimate of drug-likeness (QED) is 0.840. The van der Waals surface area contributed by atoms with Crippen LogP contribution in [0, 0.1) is 0 Å². The molecular formula is C13H17NO2. The number of carbonyl (C=O) groups is 1. The Morgan fingerprint density at radius 3 is 3.19 bits per heavy atom. The number of rotatable bonds is 3. The van der Waals surface area contributed by atoms with E-state index in [-0.39, 0.29) is 5.91 Å². The number of carbonyl (C=O) groups excluding carboxylic acids is 1. The van der Waals surface area contributed by atoms with E-state index >= 15 is 0 Å². The second-order valence-corrected chi connectivity index (χ2v) is 4.13. The summed E-state index contributed by atoms with van der Waals surface area (Å²) >= 11 is 0. The number of aryl methyl sites for hydroxylation is 1. The highest BCUT2D eigenvalue weighted by Crippen LogP contribution is 2.25. The maximum absolute atomic E-state index is 10.7. The molecule has 1 aliphatic heterocycles. The van der Waals surface area contributed by atoms with Crippen LogP contribution >= 0.6 is 0 Å². The van der Waals surface area contributed by atoms with Crippen molar-refractivity contribution in [2.24, 2.45) is 0 Å². The molecule has 0 bridgehead atoms. The van der Waals surface area contributed by atoms with Gasteiger partial charge in [0.1, 0.15) is 5.75 Å². The monoisotopic (exact) mass is 219 g/mol. The van der Waals surface area contributed by atoms with Gasteiger partial charge >= 0.3 is 0 Å². The van der Waals surface area contributed by atoms with Crippen molar-refractivity contribution in [3.05, 3.63) is 29.3 Å². The molecule has 0 atom stereocenters. The molecule has 1 aromatic rings. The molecule has 86 valence electrons. The van der Waals surface area contributed by atoms with Gasteiger partial charge in [0.25, 0.3) is 0 Å². The lowest BCUT2D eigenvalue weighted by molar-refractivity contribution is -0.118. The maximum Gasteiger partial charge on any atom is 0.216 e. The number of benzene rings is 1. The summed E-state index contributed by atoms with van der Waals surface area (Å²) in [4.78, 5) is 10.7. The predicted octanol–water partition coefficient (Wildman–Crippen LogP) is 1.69. The Balaban J connectivity index is 1.97. The van der Waals surface area contributed by atoms with Crippen LogP contribution in [0.1, 0.15) is 24.5 Å². The van der Waals surface area contributed by atoms with Crippen molar-refractivity contribution >= 4 is 5.91 Å². The number of ether oxygens (including phenoxy) is 1. The zero-order chi connectivity index (χ0) is 11.4. The molecule has 1 aliphatic rings. The van der Waals surface area contributed by atoms with Gasteiger partial charge in [-0.1, -0.05) is 12.1 Å². The standard InChI is InChI=1S/C13H17NO2/c1-10(15)14-7-6-11-4-5-13-12(9-11)3-2-8-16-13/h4-5,9H,2-3,6-8H2,1H3,(H,14,15). The second-order valence-electron chi connectivity index (χ2n) is 4.13. The van der Waals surface area contributed by atoms with Crippen molar-refractivity contribution in [3.63, 3.8) is 0 Å². The van der Waals surface area contributed by atoms with Crippen LogP contribution < -0.4 is 10.1 Å². The fourth-order valence-electron chi connectivity index (χ4n) is 1.95. The Bertz CT molecular complexity index is 388. The minimum atomic E-state index is 0.0290. The van der Waals surface area contributed by atoms with E-state index in [4.69, 9.17) is 4.74 Å². The lowest BCUT2D eigenvalue weighted by Gasteiger charge is -2.17. The highest BCUT2D eigenvalue weighted by molar-refractivity contribution is 5.72. The van der Waals surface area contributed by atoms with Crippen molar-refractivity contribution < 1.29 is 9.53 Å². The van der Waals surface area contributed by atoms with E-state index in [1.54, 1.807) is 6.92 Å². The van der Waals surface area contributed by atoms with Gasteiger partial charge in [0.2, 0.25) is 5.91 Å². The zero-order valence-corrected chi connectivity index (χ0v) is 9.58. The molecule has 0 aromatic heterocycles. The molecule has 0 radical (unpaired) electrons. The van der Waals surface area contributed by atoms with Crippen LogP contribution in [0.4, 0.5) is 0 Å². The lowest BCUT2D eigenvalue weighted by atomic mass is 10.0. The Morgan fingerprint density at radius 1 is 1.50 bits per heavy atom. The summed E-state index contributed by atoms with van der Waals surface area (Å²) in [6.07, 6.45) is 3.08. The molecule has 16 heavy (non-hydrogen) atoms. The minimum absolute atomic E-state index is 0.0290. The van der Waals surface area contributed by atoms with E-state index in [0.717, 1.165) is 31.6 Å². The molecule has 0 aliphatic carbocycles. The summed E-state index contributed by atoms with van der Waals surface area (Å²) in [7, 11) is 0. The molecule has 0 fully saturated rings. The first-order chi connectivity index (χ1) is 7.75. The lowest BCUT2D eigenvalue weighted by Crippen LogP contribution is -2.22. The summed E-state index contributed by atoms with van der Waals surface area (Å²) in [6, 6.07) is 6.31. The van der Waals surface area contributed by atoms with E-state index in [1.165, 1.54) is 11.1 Å². The van der Waals surface area contributed by atoms with Crippen LogP contribution in [-0.4, -0.2) is 19.1 Å². The van der Waals surface area contributed by atoms with E-state index in [9.17, 15) is 4.79 Å². The predicted molar refractivity (Wildman–Crippen MR) is 62.6 cm³/mol. The van der Waals surface area contributed by atoms with Crippen molar-refractivity contribution in [3.8, 4) is 5.75 Å². The summed E-state index contributed by atoms with van der Waals surface area (Å²) in [5.74, 6) is 1.05. The largest absolute Gasteiger partial charge is 0.493 e. The summed E-state index contributed by atoms with van der Waals surface area (Å²) in [5.41, 5.74) is 2.56. The van der Waals surface area contributed by atoms with Gasteiger partial charge in [-0.05, 0) is 36.5 Å².